The molecule has 0 aliphatic rings. The Kier molecular flexibility index (Phi) is 9.75. The summed E-state index contributed by atoms with van der Waals surface area (Å²) in [6.45, 7) is 5.48. The number of ether oxygens (including phenoxy) is 4. The number of nitrogens with one attached hydrogen (secondary N) is 1. The highest BCUT2D eigenvalue weighted by Crippen LogP contribution is 2.29. The van der Waals surface area contributed by atoms with E-state index in [1.165, 1.54) is 6.08 Å². The molecule has 0 fully saturated rings. The molecule has 168 valence electrons. The van der Waals surface area contributed by atoms with Crippen molar-refractivity contribution in [3.8, 4) is 23.0 Å². The van der Waals surface area contributed by atoms with E-state index in [4.69, 9.17) is 18.9 Å². The SMILES string of the molecule is COc1ccc(CCNC(=O)/C=C/c2ccc(OCCC(C)C)c(OC)c2)cc1OC. The minimum atomic E-state index is -0.156. The van der Waals surface area contributed by atoms with E-state index in [1.807, 2.05) is 36.4 Å². The lowest BCUT2D eigenvalue weighted by atomic mass is 10.1. The summed E-state index contributed by atoms with van der Waals surface area (Å²) in [4.78, 5) is 12.2. The van der Waals surface area contributed by atoms with Gasteiger partial charge in [-0.05, 0) is 60.2 Å². The van der Waals surface area contributed by atoms with Crippen LogP contribution < -0.4 is 24.3 Å². The van der Waals surface area contributed by atoms with Crippen LogP contribution in [0.15, 0.2) is 42.5 Å². The summed E-state index contributed by atoms with van der Waals surface area (Å²) in [5.74, 6) is 3.15. The zero-order valence-electron chi connectivity index (χ0n) is 19.1. The second-order valence-corrected chi connectivity index (χ2v) is 7.50. The molecule has 0 radical (unpaired) electrons. The van der Waals surface area contributed by atoms with Crippen molar-refractivity contribution in [2.45, 2.75) is 26.7 Å². The summed E-state index contributed by atoms with van der Waals surface area (Å²) < 4.78 is 21.8. The molecule has 0 heterocycles. The third-order valence-corrected chi connectivity index (χ3v) is 4.73. The van der Waals surface area contributed by atoms with Crippen molar-refractivity contribution in [1.29, 1.82) is 0 Å². The number of benzene rings is 2. The molecule has 0 bridgehead atoms. The van der Waals surface area contributed by atoms with Crippen molar-refractivity contribution >= 4 is 12.0 Å². The predicted molar refractivity (Wildman–Crippen MR) is 123 cm³/mol. The topological polar surface area (TPSA) is 66.0 Å². The molecule has 1 amide bonds. The fraction of sp³-hybridized carbons (Fsp3) is 0.400. The Morgan fingerprint density at radius 3 is 2.29 bits per heavy atom. The first-order valence-corrected chi connectivity index (χ1v) is 10.4. The summed E-state index contributed by atoms with van der Waals surface area (Å²) in [5.41, 5.74) is 1.92. The van der Waals surface area contributed by atoms with Gasteiger partial charge in [-0.15, -0.1) is 0 Å². The van der Waals surface area contributed by atoms with E-state index in [-0.39, 0.29) is 5.91 Å². The number of methoxy groups -OCH3 is 3. The Morgan fingerprint density at radius 2 is 1.61 bits per heavy atom. The van der Waals surface area contributed by atoms with E-state index in [0.29, 0.717) is 48.5 Å². The molecule has 6 heteroatoms. The van der Waals surface area contributed by atoms with Gasteiger partial charge in [-0.3, -0.25) is 4.79 Å². The summed E-state index contributed by atoms with van der Waals surface area (Å²) in [6.07, 6.45) is 4.94. The van der Waals surface area contributed by atoms with Gasteiger partial charge in [-0.1, -0.05) is 26.0 Å². The average molecular weight is 428 g/mol. The first kappa shape index (κ1) is 24.1. The Morgan fingerprint density at radius 1 is 0.935 bits per heavy atom. The number of amides is 1. The second kappa shape index (κ2) is 12.5. The standard InChI is InChI=1S/C25H33NO5/c1-18(2)13-15-31-22-10-7-19(16-24(22)30-5)8-11-25(27)26-14-12-20-6-9-21(28-3)23(17-20)29-4/h6-11,16-18H,12-15H2,1-5H3,(H,26,27)/b11-8+. The maximum atomic E-state index is 12.2. The van der Waals surface area contributed by atoms with Crippen LogP contribution in [0.3, 0.4) is 0 Å². The third-order valence-electron chi connectivity index (χ3n) is 4.73. The number of carbonyl (C=O) groups excluding carboxylic acids is 1. The molecular formula is C25H33NO5. The van der Waals surface area contributed by atoms with Gasteiger partial charge in [0.1, 0.15) is 0 Å². The molecule has 0 aromatic heterocycles. The van der Waals surface area contributed by atoms with Crippen LogP contribution in [-0.4, -0.2) is 40.4 Å². The predicted octanol–water partition coefficient (Wildman–Crippen LogP) is 4.51. The first-order valence-electron chi connectivity index (χ1n) is 10.4. The van der Waals surface area contributed by atoms with E-state index in [0.717, 1.165) is 17.5 Å². The van der Waals surface area contributed by atoms with E-state index in [2.05, 4.69) is 19.2 Å². The van der Waals surface area contributed by atoms with E-state index in [1.54, 1.807) is 27.4 Å². The van der Waals surface area contributed by atoms with Gasteiger partial charge in [0.05, 0.1) is 27.9 Å². The molecule has 0 unspecified atom stereocenters. The highest BCUT2D eigenvalue weighted by Gasteiger charge is 2.07. The van der Waals surface area contributed by atoms with Gasteiger partial charge in [-0.25, -0.2) is 0 Å². The summed E-state index contributed by atoms with van der Waals surface area (Å²) in [5, 5.41) is 2.89. The van der Waals surface area contributed by atoms with Gasteiger partial charge < -0.3 is 24.3 Å². The lowest BCUT2D eigenvalue weighted by Gasteiger charge is -2.12. The molecule has 0 aliphatic heterocycles. The van der Waals surface area contributed by atoms with Gasteiger partial charge in [0, 0.05) is 12.6 Å². The fourth-order valence-corrected chi connectivity index (χ4v) is 2.91. The van der Waals surface area contributed by atoms with Gasteiger partial charge in [0.15, 0.2) is 23.0 Å². The van der Waals surface area contributed by atoms with Crippen molar-refractivity contribution in [1.82, 2.24) is 5.32 Å². The molecule has 2 aromatic rings. The normalized spacial score (nSPS) is 10.9. The molecule has 0 aliphatic carbocycles. The van der Waals surface area contributed by atoms with Gasteiger partial charge in [0.2, 0.25) is 5.91 Å². The molecule has 31 heavy (non-hydrogen) atoms. The quantitative estimate of drug-likeness (QED) is 0.505. The summed E-state index contributed by atoms with van der Waals surface area (Å²) in [6, 6.07) is 11.4. The van der Waals surface area contributed by atoms with Crippen LogP contribution >= 0.6 is 0 Å². The summed E-state index contributed by atoms with van der Waals surface area (Å²) in [7, 11) is 4.82. The van der Waals surface area contributed by atoms with E-state index >= 15 is 0 Å². The maximum absolute atomic E-state index is 12.2. The largest absolute Gasteiger partial charge is 0.493 e. The smallest absolute Gasteiger partial charge is 0.244 e. The van der Waals surface area contributed by atoms with Crippen LogP contribution in [-0.2, 0) is 11.2 Å². The molecule has 0 saturated carbocycles. The molecular weight excluding hydrogens is 394 g/mol. The number of carbonyl (C=O) groups is 1. The molecule has 2 aromatic carbocycles. The minimum absolute atomic E-state index is 0.156. The Balaban J connectivity index is 1.87. The van der Waals surface area contributed by atoms with Crippen LogP contribution in [0, 0.1) is 5.92 Å². The maximum Gasteiger partial charge on any atom is 0.244 e. The van der Waals surface area contributed by atoms with E-state index in [9.17, 15) is 4.79 Å². The highest BCUT2D eigenvalue weighted by molar-refractivity contribution is 5.91. The molecule has 1 N–H and O–H groups in total. The molecule has 0 saturated heterocycles. The van der Waals surface area contributed by atoms with Crippen molar-refractivity contribution in [3.05, 3.63) is 53.6 Å². The molecule has 0 atom stereocenters. The number of rotatable bonds is 12. The zero-order chi connectivity index (χ0) is 22.6. The van der Waals surface area contributed by atoms with E-state index < -0.39 is 0 Å². The zero-order valence-corrected chi connectivity index (χ0v) is 19.1. The number of hydrogen-bond donors (Lipinski definition) is 1. The molecule has 2 rings (SSSR count). The van der Waals surface area contributed by atoms with Crippen LogP contribution in [0.5, 0.6) is 23.0 Å². The Labute approximate surface area is 185 Å². The Hall–Kier alpha value is -3.15. The van der Waals surface area contributed by atoms with Gasteiger partial charge in [0.25, 0.3) is 0 Å². The second-order valence-electron chi connectivity index (χ2n) is 7.50. The third kappa shape index (κ3) is 7.89. The van der Waals surface area contributed by atoms with Crippen LogP contribution in [0.1, 0.15) is 31.4 Å². The van der Waals surface area contributed by atoms with Crippen LogP contribution in [0.2, 0.25) is 0 Å². The fourth-order valence-electron chi connectivity index (χ4n) is 2.91. The molecule has 6 nitrogen and oxygen atoms in total. The monoisotopic (exact) mass is 427 g/mol. The van der Waals surface area contributed by atoms with Gasteiger partial charge in [-0.2, -0.15) is 0 Å². The first-order chi connectivity index (χ1) is 15.0. The molecule has 0 spiro atoms. The summed E-state index contributed by atoms with van der Waals surface area (Å²) >= 11 is 0. The lowest BCUT2D eigenvalue weighted by Crippen LogP contribution is -2.23. The van der Waals surface area contributed by atoms with Gasteiger partial charge >= 0.3 is 0 Å². The minimum Gasteiger partial charge on any atom is -0.493 e. The van der Waals surface area contributed by atoms with Crippen molar-refractivity contribution in [3.63, 3.8) is 0 Å². The van der Waals surface area contributed by atoms with Crippen LogP contribution in [0.25, 0.3) is 6.08 Å². The lowest BCUT2D eigenvalue weighted by molar-refractivity contribution is -0.116. The van der Waals surface area contributed by atoms with Crippen molar-refractivity contribution < 1.29 is 23.7 Å². The average Bonchev–Trinajstić information content (AvgIpc) is 2.77. The van der Waals surface area contributed by atoms with Crippen LogP contribution in [0.4, 0.5) is 0 Å². The highest BCUT2D eigenvalue weighted by atomic mass is 16.5. The number of hydrogen-bond acceptors (Lipinski definition) is 5. The van der Waals surface area contributed by atoms with Crippen molar-refractivity contribution in [2.75, 3.05) is 34.5 Å². The van der Waals surface area contributed by atoms with Crippen molar-refractivity contribution in [2.24, 2.45) is 5.92 Å². The Bertz CT molecular complexity index is 876.